The summed E-state index contributed by atoms with van der Waals surface area (Å²) in [7, 11) is 0. The third kappa shape index (κ3) is 0.920. The summed E-state index contributed by atoms with van der Waals surface area (Å²) in [5.41, 5.74) is 0.919. The van der Waals surface area contributed by atoms with Crippen molar-refractivity contribution in [3.8, 4) is 0 Å². The number of nitrogens with zero attached hydrogens (tertiary/aromatic N) is 2. The SMILES string of the molecule is O=C1OC[N]c2cccnc21. The van der Waals surface area contributed by atoms with Crippen LogP contribution in [0.25, 0.3) is 0 Å². The number of carbonyl (C=O) groups excluding carboxylic acids is 1. The number of carbonyl (C=O) groups is 1. The van der Waals surface area contributed by atoms with E-state index in [0.29, 0.717) is 11.4 Å². The lowest BCUT2D eigenvalue weighted by Crippen LogP contribution is -2.21. The second-order valence-corrected chi connectivity index (χ2v) is 2.09. The molecule has 1 radical (unpaired) electrons. The molecule has 0 atom stereocenters. The zero-order valence-electron chi connectivity index (χ0n) is 5.65. The first kappa shape index (κ1) is 6.15. The molecule has 0 saturated heterocycles. The van der Waals surface area contributed by atoms with Crippen LogP contribution in [0.3, 0.4) is 0 Å². The first-order valence-electron chi connectivity index (χ1n) is 3.17. The molecule has 0 aromatic carbocycles. The van der Waals surface area contributed by atoms with Crippen molar-refractivity contribution in [2.45, 2.75) is 0 Å². The van der Waals surface area contributed by atoms with Gasteiger partial charge >= 0.3 is 5.97 Å². The summed E-state index contributed by atoms with van der Waals surface area (Å²) >= 11 is 0. The van der Waals surface area contributed by atoms with Crippen LogP contribution in [0.15, 0.2) is 18.3 Å². The summed E-state index contributed by atoms with van der Waals surface area (Å²) in [6.45, 7) is 0.109. The van der Waals surface area contributed by atoms with Crippen LogP contribution >= 0.6 is 0 Å². The van der Waals surface area contributed by atoms with E-state index in [-0.39, 0.29) is 6.73 Å². The summed E-state index contributed by atoms with van der Waals surface area (Å²) in [5, 5.41) is 3.94. The standard InChI is InChI=1S/C7H5N2O2/c10-7-6-5(9-4-11-7)2-1-3-8-6/h1-3H,4H2. The van der Waals surface area contributed by atoms with Crippen LogP contribution in [0.2, 0.25) is 0 Å². The Balaban J connectivity index is 2.52. The van der Waals surface area contributed by atoms with Crippen molar-refractivity contribution in [1.29, 1.82) is 0 Å². The molecule has 1 aromatic rings. The van der Waals surface area contributed by atoms with E-state index in [1.54, 1.807) is 18.3 Å². The molecule has 4 nitrogen and oxygen atoms in total. The highest BCUT2D eigenvalue weighted by Gasteiger charge is 2.19. The van der Waals surface area contributed by atoms with Crippen LogP contribution in [-0.4, -0.2) is 17.7 Å². The second kappa shape index (κ2) is 2.23. The molecular weight excluding hydrogens is 144 g/mol. The van der Waals surface area contributed by atoms with Gasteiger partial charge in [0, 0.05) is 6.20 Å². The van der Waals surface area contributed by atoms with E-state index < -0.39 is 5.97 Å². The van der Waals surface area contributed by atoms with Gasteiger partial charge in [-0.25, -0.2) is 15.1 Å². The summed E-state index contributed by atoms with van der Waals surface area (Å²) < 4.78 is 4.64. The van der Waals surface area contributed by atoms with Gasteiger partial charge in [-0.1, -0.05) is 0 Å². The molecule has 0 aliphatic carbocycles. The molecule has 1 aliphatic heterocycles. The fraction of sp³-hybridized carbons (Fsp3) is 0.143. The van der Waals surface area contributed by atoms with E-state index in [1.807, 2.05) is 0 Å². The second-order valence-electron chi connectivity index (χ2n) is 2.09. The van der Waals surface area contributed by atoms with Crippen LogP contribution in [0, 0.1) is 0 Å². The quantitative estimate of drug-likeness (QED) is 0.503. The van der Waals surface area contributed by atoms with Gasteiger partial charge in [0.05, 0.1) is 5.69 Å². The van der Waals surface area contributed by atoms with Crippen molar-refractivity contribution < 1.29 is 9.53 Å². The molecule has 0 spiro atoms. The Morgan fingerprint density at radius 3 is 3.27 bits per heavy atom. The number of esters is 1. The predicted octanol–water partition coefficient (Wildman–Crippen LogP) is 0.445. The highest BCUT2D eigenvalue weighted by atomic mass is 16.5. The number of pyridine rings is 1. The number of aromatic nitrogens is 1. The molecule has 0 amide bonds. The highest BCUT2D eigenvalue weighted by molar-refractivity contribution is 5.93. The average molecular weight is 149 g/mol. The number of cyclic esters (lactones) is 1. The van der Waals surface area contributed by atoms with Crippen LogP contribution in [0.5, 0.6) is 0 Å². The van der Waals surface area contributed by atoms with Gasteiger partial charge in [-0.3, -0.25) is 0 Å². The van der Waals surface area contributed by atoms with Gasteiger partial charge in [-0.15, -0.1) is 0 Å². The number of rotatable bonds is 0. The van der Waals surface area contributed by atoms with Crippen LogP contribution in [-0.2, 0) is 4.74 Å². The molecule has 0 N–H and O–H groups in total. The molecule has 0 bridgehead atoms. The van der Waals surface area contributed by atoms with Gasteiger partial charge < -0.3 is 4.74 Å². The Hall–Kier alpha value is -1.58. The number of ether oxygens (including phenoxy) is 1. The van der Waals surface area contributed by atoms with Gasteiger partial charge in [0.2, 0.25) is 0 Å². The monoisotopic (exact) mass is 149 g/mol. The van der Waals surface area contributed by atoms with E-state index >= 15 is 0 Å². The average Bonchev–Trinajstić information content (AvgIpc) is 2.06. The molecule has 0 unspecified atom stereocenters. The fourth-order valence-electron chi connectivity index (χ4n) is 0.910. The molecule has 55 valence electrons. The van der Waals surface area contributed by atoms with E-state index in [0.717, 1.165) is 0 Å². The first-order valence-corrected chi connectivity index (χ1v) is 3.17. The van der Waals surface area contributed by atoms with Gasteiger partial charge in [-0.05, 0) is 12.1 Å². The van der Waals surface area contributed by atoms with Gasteiger partial charge in [0.25, 0.3) is 0 Å². The van der Waals surface area contributed by atoms with Crippen molar-refractivity contribution >= 4 is 11.7 Å². The largest absolute Gasteiger partial charge is 0.438 e. The van der Waals surface area contributed by atoms with Crippen molar-refractivity contribution in [3.05, 3.63) is 24.0 Å². The third-order valence-corrected chi connectivity index (χ3v) is 1.41. The van der Waals surface area contributed by atoms with Crippen molar-refractivity contribution in [2.75, 3.05) is 6.73 Å². The van der Waals surface area contributed by atoms with Crippen molar-refractivity contribution in [3.63, 3.8) is 0 Å². The van der Waals surface area contributed by atoms with Crippen LogP contribution in [0.1, 0.15) is 10.5 Å². The maximum absolute atomic E-state index is 10.9. The Morgan fingerprint density at radius 1 is 1.55 bits per heavy atom. The van der Waals surface area contributed by atoms with Crippen molar-refractivity contribution in [2.24, 2.45) is 0 Å². The third-order valence-electron chi connectivity index (χ3n) is 1.41. The maximum Gasteiger partial charge on any atom is 0.360 e. The topological polar surface area (TPSA) is 53.3 Å². The Labute approximate surface area is 63.2 Å². The predicted molar refractivity (Wildman–Crippen MR) is 36.3 cm³/mol. The minimum atomic E-state index is -0.393. The lowest BCUT2D eigenvalue weighted by atomic mass is 10.3. The number of hydrogen-bond acceptors (Lipinski definition) is 3. The molecule has 1 aromatic heterocycles. The molecule has 2 heterocycles. The number of hydrogen-bond donors (Lipinski definition) is 0. The van der Waals surface area contributed by atoms with Gasteiger partial charge in [0.1, 0.15) is 0 Å². The molecule has 0 fully saturated rings. The fourth-order valence-corrected chi connectivity index (χ4v) is 0.910. The first-order chi connectivity index (χ1) is 5.38. The Kier molecular flexibility index (Phi) is 1.25. The van der Waals surface area contributed by atoms with Gasteiger partial charge in [0.15, 0.2) is 12.4 Å². The van der Waals surface area contributed by atoms with E-state index in [1.165, 1.54) is 0 Å². The Morgan fingerprint density at radius 2 is 2.45 bits per heavy atom. The normalized spacial score (nSPS) is 14.7. The minimum absolute atomic E-state index is 0.109. The van der Waals surface area contributed by atoms with Gasteiger partial charge in [-0.2, -0.15) is 0 Å². The van der Waals surface area contributed by atoms with Crippen molar-refractivity contribution in [1.82, 2.24) is 10.3 Å². The van der Waals surface area contributed by atoms with E-state index in [4.69, 9.17) is 0 Å². The molecular formula is C7H5N2O2. The highest BCUT2D eigenvalue weighted by Crippen LogP contribution is 2.16. The molecule has 2 rings (SSSR count). The van der Waals surface area contributed by atoms with Crippen LogP contribution < -0.4 is 5.32 Å². The summed E-state index contributed by atoms with van der Waals surface area (Å²) in [4.78, 5) is 14.8. The summed E-state index contributed by atoms with van der Waals surface area (Å²) in [6, 6.07) is 3.48. The zero-order valence-corrected chi connectivity index (χ0v) is 5.65. The number of fused-ring (bicyclic) bond motifs is 1. The molecule has 1 aliphatic rings. The molecule has 11 heavy (non-hydrogen) atoms. The summed E-state index contributed by atoms with van der Waals surface area (Å²) in [6.07, 6.45) is 1.54. The zero-order chi connectivity index (χ0) is 7.68. The van der Waals surface area contributed by atoms with E-state index in [9.17, 15) is 4.79 Å². The van der Waals surface area contributed by atoms with Crippen LogP contribution in [0.4, 0.5) is 5.69 Å². The molecule has 4 heteroatoms. The summed E-state index contributed by atoms with van der Waals surface area (Å²) in [5.74, 6) is -0.393. The maximum atomic E-state index is 10.9. The molecule has 0 saturated carbocycles. The van der Waals surface area contributed by atoms with E-state index in [2.05, 4.69) is 15.0 Å². The Bertz CT molecular complexity index is 298. The lowest BCUT2D eigenvalue weighted by molar-refractivity contribution is 0.0450. The smallest absolute Gasteiger partial charge is 0.360 e. The minimum Gasteiger partial charge on any atom is -0.438 e. The lowest BCUT2D eigenvalue weighted by Gasteiger charge is -2.12.